The molecule has 138 valence electrons. The van der Waals surface area contributed by atoms with Crippen molar-refractivity contribution >= 4 is 5.57 Å². The van der Waals surface area contributed by atoms with Crippen LogP contribution in [0.1, 0.15) is 43.6 Å². The van der Waals surface area contributed by atoms with E-state index in [2.05, 4.69) is 46.8 Å². The number of rotatable bonds is 4. The molecule has 5 heteroatoms. The average Bonchev–Trinajstić information content (AvgIpc) is 3.10. The minimum atomic E-state index is 0.451. The molecule has 2 aliphatic heterocycles. The third-order valence-corrected chi connectivity index (χ3v) is 5.56. The van der Waals surface area contributed by atoms with Gasteiger partial charge in [-0.15, -0.1) is 0 Å². The molecular formula is C21H28N4O. The number of ether oxygens (including phenoxy) is 1. The fourth-order valence-corrected chi connectivity index (χ4v) is 3.98. The predicted molar refractivity (Wildman–Crippen MR) is 104 cm³/mol. The molecule has 0 spiro atoms. The summed E-state index contributed by atoms with van der Waals surface area (Å²) >= 11 is 0. The Morgan fingerprint density at radius 1 is 1.12 bits per heavy atom. The maximum atomic E-state index is 5.41. The summed E-state index contributed by atoms with van der Waals surface area (Å²) in [5.41, 5.74) is 3.82. The molecule has 1 fully saturated rings. The number of nitrogens with zero attached hydrogens (tertiary/aromatic N) is 4. The largest absolute Gasteiger partial charge is 0.377 e. The van der Waals surface area contributed by atoms with Crippen LogP contribution in [0.3, 0.4) is 0 Å². The van der Waals surface area contributed by atoms with Crippen LogP contribution in [0.15, 0.2) is 30.3 Å². The molecule has 26 heavy (non-hydrogen) atoms. The number of likely N-dealkylation sites (tertiary alicyclic amines) is 1. The topological polar surface area (TPSA) is 43.2 Å². The second kappa shape index (κ2) is 7.72. The van der Waals surface area contributed by atoms with Crippen LogP contribution in [-0.4, -0.2) is 52.5 Å². The van der Waals surface area contributed by atoms with Crippen LogP contribution >= 0.6 is 0 Å². The van der Waals surface area contributed by atoms with Crippen molar-refractivity contribution in [1.82, 2.24) is 19.7 Å². The van der Waals surface area contributed by atoms with Crippen molar-refractivity contribution in [2.75, 3.05) is 32.8 Å². The number of aromatic nitrogens is 3. The Bertz CT molecular complexity index is 770. The van der Waals surface area contributed by atoms with Crippen molar-refractivity contribution in [2.24, 2.45) is 0 Å². The van der Waals surface area contributed by atoms with Crippen LogP contribution < -0.4 is 0 Å². The highest BCUT2D eigenvalue weighted by Gasteiger charge is 2.23. The van der Waals surface area contributed by atoms with Crippen LogP contribution in [0.4, 0.5) is 0 Å². The normalized spacial score (nSPS) is 19.5. The third kappa shape index (κ3) is 3.60. The SMILES string of the molecule is CCN1CCC(n2nc(C)nc2-c2ccc(C3=CCOCC3)cc2)CC1. The zero-order chi connectivity index (χ0) is 17.9. The maximum Gasteiger partial charge on any atom is 0.158 e. The molecule has 1 aromatic heterocycles. The van der Waals surface area contributed by atoms with Crippen LogP contribution in [-0.2, 0) is 4.74 Å². The first-order valence-electron chi connectivity index (χ1n) is 9.77. The van der Waals surface area contributed by atoms with Crippen molar-refractivity contribution in [3.63, 3.8) is 0 Å². The van der Waals surface area contributed by atoms with E-state index >= 15 is 0 Å². The molecule has 5 nitrogen and oxygen atoms in total. The molecule has 0 radical (unpaired) electrons. The highest BCUT2D eigenvalue weighted by atomic mass is 16.5. The standard InChI is InChI=1S/C21H28N4O/c1-3-24-12-8-20(9-13-24)25-21(22-16(2)23-25)19-6-4-17(5-7-19)18-10-14-26-15-11-18/h4-7,10,20H,3,8-9,11-15H2,1-2H3. The summed E-state index contributed by atoms with van der Waals surface area (Å²) in [4.78, 5) is 7.25. The van der Waals surface area contributed by atoms with Gasteiger partial charge in [-0.05, 0) is 43.9 Å². The van der Waals surface area contributed by atoms with E-state index in [9.17, 15) is 0 Å². The number of benzene rings is 1. The number of piperidine rings is 1. The molecule has 0 bridgehead atoms. The van der Waals surface area contributed by atoms with Gasteiger partial charge in [-0.3, -0.25) is 0 Å². The van der Waals surface area contributed by atoms with E-state index in [0.29, 0.717) is 6.04 Å². The lowest BCUT2D eigenvalue weighted by molar-refractivity contribution is 0.161. The highest BCUT2D eigenvalue weighted by molar-refractivity contribution is 5.69. The zero-order valence-corrected chi connectivity index (χ0v) is 15.8. The Labute approximate surface area is 155 Å². The molecule has 0 unspecified atom stereocenters. The van der Waals surface area contributed by atoms with E-state index in [0.717, 1.165) is 69.3 Å². The summed E-state index contributed by atoms with van der Waals surface area (Å²) < 4.78 is 7.59. The number of hydrogen-bond acceptors (Lipinski definition) is 4. The van der Waals surface area contributed by atoms with Crippen molar-refractivity contribution in [3.8, 4) is 11.4 Å². The van der Waals surface area contributed by atoms with Gasteiger partial charge in [0.2, 0.25) is 0 Å². The minimum absolute atomic E-state index is 0.451. The molecule has 0 N–H and O–H groups in total. The predicted octanol–water partition coefficient (Wildman–Crippen LogP) is 3.71. The van der Waals surface area contributed by atoms with Gasteiger partial charge in [0, 0.05) is 18.7 Å². The molecule has 1 aromatic carbocycles. The first-order valence-corrected chi connectivity index (χ1v) is 9.77. The molecule has 4 rings (SSSR count). The Balaban J connectivity index is 1.57. The maximum absolute atomic E-state index is 5.41. The molecule has 0 saturated carbocycles. The Morgan fingerprint density at radius 3 is 2.50 bits per heavy atom. The summed E-state index contributed by atoms with van der Waals surface area (Å²) in [5.74, 6) is 1.86. The molecule has 2 aliphatic rings. The van der Waals surface area contributed by atoms with E-state index in [1.54, 1.807) is 0 Å². The van der Waals surface area contributed by atoms with Gasteiger partial charge < -0.3 is 9.64 Å². The van der Waals surface area contributed by atoms with Gasteiger partial charge in [0.25, 0.3) is 0 Å². The summed E-state index contributed by atoms with van der Waals surface area (Å²) in [5, 5.41) is 4.73. The molecule has 3 heterocycles. The van der Waals surface area contributed by atoms with Crippen LogP contribution in [0.2, 0.25) is 0 Å². The summed E-state index contributed by atoms with van der Waals surface area (Å²) in [6.07, 6.45) is 5.47. The molecule has 2 aromatic rings. The summed E-state index contributed by atoms with van der Waals surface area (Å²) in [6.45, 7) is 9.20. The first-order chi connectivity index (χ1) is 12.7. The van der Waals surface area contributed by atoms with Crippen molar-refractivity contribution in [3.05, 3.63) is 41.7 Å². The molecule has 0 atom stereocenters. The van der Waals surface area contributed by atoms with Crippen molar-refractivity contribution < 1.29 is 4.74 Å². The Morgan fingerprint density at radius 2 is 1.85 bits per heavy atom. The summed E-state index contributed by atoms with van der Waals surface area (Å²) in [6, 6.07) is 9.24. The van der Waals surface area contributed by atoms with Gasteiger partial charge in [-0.1, -0.05) is 37.3 Å². The highest BCUT2D eigenvalue weighted by Crippen LogP contribution is 2.29. The Hall–Kier alpha value is -1.98. The van der Waals surface area contributed by atoms with Crippen molar-refractivity contribution in [1.29, 1.82) is 0 Å². The van der Waals surface area contributed by atoms with Gasteiger partial charge in [-0.25, -0.2) is 9.67 Å². The molecule has 1 saturated heterocycles. The average molecular weight is 352 g/mol. The van der Waals surface area contributed by atoms with E-state index in [4.69, 9.17) is 14.8 Å². The second-order valence-corrected chi connectivity index (χ2v) is 7.22. The summed E-state index contributed by atoms with van der Waals surface area (Å²) in [7, 11) is 0. The monoisotopic (exact) mass is 352 g/mol. The second-order valence-electron chi connectivity index (χ2n) is 7.22. The van der Waals surface area contributed by atoms with Crippen molar-refractivity contribution in [2.45, 2.75) is 39.2 Å². The van der Waals surface area contributed by atoms with Gasteiger partial charge >= 0.3 is 0 Å². The van der Waals surface area contributed by atoms with Crippen LogP contribution in [0.5, 0.6) is 0 Å². The Kier molecular flexibility index (Phi) is 5.18. The number of aryl methyl sites for hydroxylation is 1. The van der Waals surface area contributed by atoms with Gasteiger partial charge in [0.15, 0.2) is 5.82 Å². The van der Waals surface area contributed by atoms with Gasteiger partial charge in [0.05, 0.1) is 19.3 Å². The quantitative estimate of drug-likeness (QED) is 0.841. The first kappa shape index (κ1) is 17.4. The van der Waals surface area contributed by atoms with Crippen LogP contribution in [0, 0.1) is 6.92 Å². The fourth-order valence-electron chi connectivity index (χ4n) is 3.98. The van der Waals surface area contributed by atoms with E-state index in [-0.39, 0.29) is 0 Å². The van der Waals surface area contributed by atoms with E-state index in [1.165, 1.54) is 11.1 Å². The lowest BCUT2D eigenvalue weighted by Crippen LogP contribution is -2.34. The lowest BCUT2D eigenvalue weighted by atomic mass is 10.00. The smallest absolute Gasteiger partial charge is 0.158 e. The lowest BCUT2D eigenvalue weighted by Gasteiger charge is -2.31. The molecule has 0 aliphatic carbocycles. The van der Waals surface area contributed by atoms with E-state index in [1.807, 2.05) is 6.92 Å². The minimum Gasteiger partial charge on any atom is -0.377 e. The van der Waals surface area contributed by atoms with Gasteiger partial charge in [-0.2, -0.15) is 5.10 Å². The molecule has 0 amide bonds. The number of hydrogen-bond donors (Lipinski definition) is 0. The van der Waals surface area contributed by atoms with E-state index < -0.39 is 0 Å². The molecular weight excluding hydrogens is 324 g/mol. The zero-order valence-electron chi connectivity index (χ0n) is 15.8. The van der Waals surface area contributed by atoms with Crippen LogP contribution in [0.25, 0.3) is 17.0 Å². The van der Waals surface area contributed by atoms with Gasteiger partial charge in [0.1, 0.15) is 5.82 Å². The fraction of sp³-hybridized carbons (Fsp3) is 0.524. The third-order valence-electron chi connectivity index (χ3n) is 5.56.